The van der Waals surface area contributed by atoms with Crippen molar-refractivity contribution in [3.63, 3.8) is 0 Å². The average Bonchev–Trinajstić information content (AvgIpc) is 2.79. The molecular weight excluding hydrogens is 256 g/mol. The molecule has 1 aliphatic rings. The van der Waals surface area contributed by atoms with E-state index in [-0.39, 0.29) is 6.10 Å². The van der Waals surface area contributed by atoms with Crippen molar-refractivity contribution in [1.29, 1.82) is 0 Å². The molecule has 0 aromatic carbocycles. The molecule has 8 heteroatoms. The summed E-state index contributed by atoms with van der Waals surface area (Å²) in [6.45, 7) is 0.808. The van der Waals surface area contributed by atoms with Crippen molar-refractivity contribution in [3.8, 4) is 5.88 Å². The Morgan fingerprint density at radius 1 is 1.44 bits per heavy atom. The predicted molar refractivity (Wildman–Crippen MR) is 65.2 cm³/mol. The van der Waals surface area contributed by atoms with Gasteiger partial charge in [-0.05, 0) is 6.42 Å². The van der Waals surface area contributed by atoms with Gasteiger partial charge in [0.25, 0.3) is 10.2 Å². The smallest absolute Gasteiger partial charge is 0.281 e. The van der Waals surface area contributed by atoms with Gasteiger partial charge in [0, 0.05) is 33.0 Å². The van der Waals surface area contributed by atoms with E-state index in [1.54, 1.807) is 12.4 Å². The molecule has 1 aromatic heterocycles. The van der Waals surface area contributed by atoms with Gasteiger partial charge in [-0.25, -0.2) is 4.98 Å². The van der Waals surface area contributed by atoms with Crippen LogP contribution in [-0.4, -0.2) is 60.3 Å². The van der Waals surface area contributed by atoms with Crippen molar-refractivity contribution in [2.24, 2.45) is 0 Å². The third kappa shape index (κ3) is 2.77. The van der Waals surface area contributed by atoms with Crippen LogP contribution in [0.5, 0.6) is 5.88 Å². The van der Waals surface area contributed by atoms with Gasteiger partial charge < -0.3 is 4.74 Å². The third-order valence-electron chi connectivity index (χ3n) is 2.72. The second-order valence-electron chi connectivity index (χ2n) is 4.22. The molecule has 0 spiro atoms. The van der Waals surface area contributed by atoms with Crippen molar-refractivity contribution in [3.05, 3.63) is 18.6 Å². The SMILES string of the molecule is CN(C)S(=O)(=O)N1CCC(Oc2cnccn2)C1. The highest BCUT2D eigenvalue weighted by Gasteiger charge is 2.33. The number of ether oxygens (including phenoxy) is 1. The molecule has 0 amide bonds. The van der Waals surface area contributed by atoms with Crippen LogP contribution in [0.3, 0.4) is 0 Å². The molecule has 1 atom stereocenters. The number of hydrogen-bond acceptors (Lipinski definition) is 5. The molecule has 1 aliphatic heterocycles. The predicted octanol–water partition coefficient (Wildman–Crippen LogP) is -0.264. The van der Waals surface area contributed by atoms with Crippen molar-refractivity contribution >= 4 is 10.2 Å². The number of aromatic nitrogens is 2. The van der Waals surface area contributed by atoms with Gasteiger partial charge in [0.05, 0.1) is 12.7 Å². The molecule has 1 aromatic rings. The Morgan fingerprint density at radius 3 is 2.83 bits per heavy atom. The summed E-state index contributed by atoms with van der Waals surface area (Å²) in [6.07, 6.45) is 5.10. The summed E-state index contributed by atoms with van der Waals surface area (Å²) in [6, 6.07) is 0. The largest absolute Gasteiger partial charge is 0.472 e. The van der Waals surface area contributed by atoms with Crippen LogP contribution in [0.4, 0.5) is 0 Å². The molecule has 7 nitrogen and oxygen atoms in total. The zero-order valence-corrected chi connectivity index (χ0v) is 11.2. The normalized spacial score (nSPS) is 21.4. The quantitative estimate of drug-likeness (QED) is 0.754. The third-order valence-corrected chi connectivity index (χ3v) is 4.63. The molecule has 0 radical (unpaired) electrons. The van der Waals surface area contributed by atoms with Gasteiger partial charge in [-0.1, -0.05) is 0 Å². The zero-order chi connectivity index (χ0) is 13.2. The van der Waals surface area contributed by atoms with Crippen molar-refractivity contribution in [2.45, 2.75) is 12.5 Å². The van der Waals surface area contributed by atoms with Crippen LogP contribution in [0.2, 0.25) is 0 Å². The van der Waals surface area contributed by atoms with Gasteiger partial charge in [0.2, 0.25) is 5.88 Å². The lowest BCUT2D eigenvalue weighted by Gasteiger charge is -2.20. The van der Waals surface area contributed by atoms with Crippen molar-refractivity contribution < 1.29 is 13.2 Å². The summed E-state index contributed by atoms with van der Waals surface area (Å²) in [5.41, 5.74) is 0. The van der Waals surface area contributed by atoms with Crippen LogP contribution >= 0.6 is 0 Å². The Labute approximate surface area is 107 Å². The lowest BCUT2D eigenvalue weighted by atomic mass is 10.3. The number of nitrogens with zero attached hydrogens (tertiary/aromatic N) is 4. The second kappa shape index (κ2) is 5.17. The Morgan fingerprint density at radius 2 is 2.22 bits per heavy atom. The topological polar surface area (TPSA) is 75.6 Å². The maximum atomic E-state index is 11.9. The Bertz CT molecular complexity index is 491. The van der Waals surface area contributed by atoms with Gasteiger partial charge in [-0.3, -0.25) is 4.98 Å². The van der Waals surface area contributed by atoms with Gasteiger partial charge in [0.1, 0.15) is 6.10 Å². The Balaban J connectivity index is 1.97. The summed E-state index contributed by atoms with van der Waals surface area (Å²) >= 11 is 0. The average molecular weight is 272 g/mol. The van der Waals surface area contributed by atoms with Crippen LogP contribution in [0.25, 0.3) is 0 Å². The van der Waals surface area contributed by atoms with E-state index in [2.05, 4.69) is 9.97 Å². The lowest BCUT2D eigenvalue weighted by molar-refractivity contribution is 0.205. The monoisotopic (exact) mass is 272 g/mol. The molecule has 2 rings (SSSR count). The minimum Gasteiger partial charge on any atom is -0.472 e. The fourth-order valence-electron chi connectivity index (χ4n) is 1.75. The van der Waals surface area contributed by atoms with E-state index in [0.29, 0.717) is 25.4 Å². The van der Waals surface area contributed by atoms with Crippen LogP contribution in [0.1, 0.15) is 6.42 Å². The van der Waals surface area contributed by atoms with Crippen LogP contribution in [-0.2, 0) is 10.2 Å². The van der Waals surface area contributed by atoms with E-state index in [4.69, 9.17) is 4.74 Å². The first-order chi connectivity index (χ1) is 8.50. The summed E-state index contributed by atoms with van der Waals surface area (Å²) in [7, 11) is -0.311. The maximum Gasteiger partial charge on any atom is 0.281 e. The molecule has 0 bridgehead atoms. The molecule has 0 N–H and O–H groups in total. The highest BCUT2D eigenvalue weighted by atomic mass is 32.2. The standard InChI is InChI=1S/C10H16N4O3S/c1-13(2)18(15,16)14-6-3-9(8-14)17-10-7-11-4-5-12-10/h4-5,7,9H,3,6,8H2,1-2H3. The van der Waals surface area contributed by atoms with Crippen LogP contribution in [0, 0.1) is 0 Å². The summed E-state index contributed by atoms with van der Waals surface area (Å²) in [4.78, 5) is 7.90. The summed E-state index contributed by atoms with van der Waals surface area (Å²) < 4.78 is 32.0. The molecule has 18 heavy (non-hydrogen) atoms. The fourth-order valence-corrected chi connectivity index (χ4v) is 2.90. The van der Waals surface area contributed by atoms with Gasteiger partial charge in [0.15, 0.2) is 0 Å². The maximum absolute atomic E-state index is 11.9. The van der Waals surface area contributed by atoms with E-state index in [1.165, 1.54) is 28.9 Å². The van der Waals surface area contributed by atoms with Crippen molar-refractivity contribution in [2.75, 3.05) is 27.2 Å². The first kappa shape index (κ1) is 13.2. The van der Waals surface area contributed by atoms with Gasteiger partial charge in [-0.15, -0.1) is 0 Å². The number of hydrogen-bond donors (Lipinski definition) is 0. The Kier molecular flexibility index (Phi) is 3.79. The molecule has 100 valence electrons. The second-order valence-corrected chi connectivity index (χ2v) is 6.36. The minimum absolute atomic E-state index is 0.170. The summed E-state index contributed by atoms with van der Waals surface area (Å²) in [5, 5.41) is 0. The highest BCUT2D eigenvalue weighted by Crippen LogP contribution is 2.19. The van der Waals surface area contributed by atoms with Gasteiger partial charge in [-0.2, -0.15) is 17.0 Å². The number of rotatable bonds is 4. The van der Waals surface area contributed by atoms with Crippen molar-refractivity contribution in [1.82, 2.24) is 18.6 Å². The lowest BCUT2D eigenvalue weighted by Crippen LogP contribution is -2.39. The van der Waals surface area contributed by atoms with Gasteiger partial charge >= 0.3 is 0 Å². The molecule has 0 aliphatic carbocycles. The first-order valence-corrected chi connectivity index (χ1v) is 7.00. The molecular formula is C10H16N4O3S. The summed E-state index contributed by atoms with van der Waals surface area (Å²) in [5.74, 6) is 0.423. The molecule has 0 saturated carbocycles. The van der Waals surface area contributed by atoms with Crippen LogP contribution < -0.4 is 4.74 Å². The van der Waals surface area contributed by atoms with E-state index in [0.717, 1.165) is 0 Å². The first-order valence-electron chi connectivity index (χ1n) is 5.60. The molecule has 2 heterocycles. The van der Waals surface area contributed by atoms with E-state index >= 15 is 0 Å². The van der Waals surface area contributed by atoms with E-state index in [1.807, 2.05) is 0 Å². The van der Waals surface area contributed by atoms with E-state index in [9.17, 15) is 8.42 Å². The zero-order valence-electron chi connectivity index (χ0n) is 10.4. The molecule has 1 fully saturated rings. The van der Waals surface area contributed by atoms with Crippen LogP contribution in [0.15, 0.2) is 18.6 Å². The Hall–Kier alpha value is -1.25. The fraction of sp³-hybridized carbons (Fsp3) is 0.600. The minimum atomic E-state index is -3.35. The molecule has 1 unspecified atom stereocenters. The van der Waals surface area contributed by atoms with E-state index < -0.39 is 10.2 Å². The highest BCUT2D eigenvalue weighted by molar-refractivity contribution is 7.86. The molecule has 1 saturated heterocycles.